The normalized spacial score (nSPS) is 22.0. The first-order chi connectivity index (χ1) is 13.7. The number of pyridine rings is 1. The molecule has 4 heterocycles. The Labute approximate surface area is 166 Å². The summed E-state index contributed by atoms with van der Waals surface area (Å²) in [7, 11) is 3.09. The van der Waals surface area contributed by atoms with Crippen molar-refractivity contribution < 1.29 is 14.3 Å². The molecule has 6 nitrogen and oxygen atoms in total. The van der Waals surface area contributed by atoms with Gasteiger partial charge in [0.15, 0.2) is 0 Å². The van der Waals surface area contributed by atoms with Crippen molar-refractivity contribution in [2.24, 2.45) is 5.92 Å². The molecule has 0 unspecified atom stereocenters. The number of rotatable bonds is 5. The van der Waals surface area contributed by atoms with Gasteiger partial charge >= 0.3 is 0 Å². The highest BCUT2D eigenvalue weighted by atomic mass is 16.5. The van der Waals surface area contributed by atoms with E-state index in [0.29, 0.717) is 23.2 Å². The Balaban J connectivity index is 1.53. The summed E-state index contributed by atoms with van der Waals surface area (Å²) in [6, 6.07) is 14.3. The van der Waals surface area contributed by atoms with Crippen LogP contribution >= 0.6 is 0 Å². The summed E-state index contributed by atoms with van der Waals surface area (Å²) >= 11 is 0. The fourth-order valence-electron chi connectivity index (χ4n) is 4.41. The highest BCUT2D eigenvalue weighted by molar-refractivity contribution is 5.96. The summed E-state index contributed by atoms with van der Waals surface area (Å²) in [6.07, 6.45) is 2.23. The van der Waals surface area contributed by atoms with Crippen LogP contribution < -0.4 is 9.47 Å². The van der Waals surface area contributed by atoms with Gasteiger partial charge in [-0.3, -0.25) is 9.69 Å². The lowest BCUT2D eigenvalue weighted by Crippen LogP contribution is -2.47. The van der Waals surface area contributed by atoms with Crippen molar-refractivity contribution in [2.75, 3.05) is 33.9 Å². The highest BCUT2D eigenvalue weighted by Gasteiger charge is 2.38. The highest BCUT2D eigenvalue weighted by Crippen LogP contribution is 2.31. The van der Waals surface area contributed by atoms with Crippen LogP contribution in [0.2, 0.25) is 0 Å². The number of amides is 1. The predicted octanol–water partition coefficient (Wildman–Crippen LogP) is 2.84. The number of benzene rings is 1. The van der Waals surface area contributed by atoms with Crippen molar-refractivity contribution in [3.05, 3.63) is 53.6 Å². The summed E-state index contributed by atoms with van der Waals surface area (Å²) in [5.41, 5.74) is 1.83. The van der Waals surface area contributed by atoms with Gasteiger partial charge in [0.05, 0.1) is 14.2 Å². The molecule has 1 amide bonds. The van der Waals surface area contributed by atoms with E-state index in [-0.39, 0.29) is 11.9 Å². The van der Waals surface area contributed by atoms with Crippen LogP contribution in [0.25, 0.3) is 0 Å². The fourth-order valence-corrected chi connectivity index (χ4v) is 4.41. The van der Waals surface area contributed by atoms with Crippen LogP contribution in [0.5, 0.6) is 11.8 Å². The van der Waals surface area contributed by atoms with Gasteiger partial charge in [-0.15, -0.1) is 0 Å². The minimum atomic E-state index is 0.00302. The number of hydrogen-bond acceptors (Lipinski definition) is 5. The second-order valence-corrected chi connectivity index (χ2v) is 7.64. The second-order valence-electron chi connectivity index (χ2n) is 7.64. The number of ether oxygens (including phenoxy) is 2. The molecule has 2 aromatic rings. The smallest absolute Gasteiger partial charge is 0.259 e. The molecule has 0 spiro atoms. The zero-order valence-corrected chi connectivity index (χ0v) is 16.5. The third-order valence-electron chi connectivity index (χ3n) is 5.77. The van der Waals surface area contributed by atoms with E-state index < -0.39 is 0 Å². The van der Waals surface area contributed by atoms with Crippen LogP contribution in [-0.2, 0) is 6.54 Å². The first-order valence-electron chi connectivity index (χ1n) is 9.84. The Kier molecular flexibility index (Phi) is 5.48. The Hall–Kier alpha value is -2.60. The fraction of sp³-hybridized carbons (Fsp3) is 0.455. The average Bonchev–Trinajstić information content (AvgIpc) is 3.04. The molecule has 0 radical (unpaired) electrons. The number of fused-ring (bicyclic) bond motifs is 4. The van der Waals surface area contributed by atoms with Gasteiger partial charge in [0.1, 0.15) is 5.56 Å². The van der Waals surface area contributed by atoms with Gasteiger partial charge in [0.2, 0.25) is 11.8 Å². The number of nitrogens with zero attached hydrogens (tertiary/aromatic N) is 3. The molecule has 2 atom stereocenters. The maximum absolute atomic E-state index is 13.3. The number of carbonyl (C=O) groups excluding carboxylic acids is 1. The summed E-state index contributed by atoms with van der Waals surface area (Å²) < 4.78 is 10.5. The molecule has 28 heavy (non-hydrogen) atoms. The zero-order valence-electron chi connectivity index (χ0n) is 16.5. The lowest BCUT2D eigenvalue weighted by atomic mass is 9.94. The Morgan fingerprint density at radius 2 is 1.86 bits per heavy atom. The monoisotopic (exact) mass is 381 g/mol. The SMILES string of the molecule is COc1ccc(C(=O)N2C[C@H]3CC[C@@H]2CN(Cc2ccccc2)C3)c(OC)n1. The molecule has 1 aromatic heterocycles. The molecular weight excluding hydrogens is 354 g/mol. The van der Waals surface area contributed by atoms with Crippen LogP contribution in [0.1, 0.15) is 28.8 Å². The Morgan fingerprint density at radius 3 is 2.61 bits per heavy atom. The molecule has 2 bridgehead atoms. The van der Waals surface area contributed by atoms with E-state index in [9.17, 15) is 4.79 Å². The van der Waals surface area contributed by atoms with E-state index in [1.54, 1.807) is 19.2 Å². The van der Waals surface area contributed by atoms with Gasteiger partial charge in [-0.25, -0.2) is 0 Å². The summed E-state index contributed by atoms with van der Waals surface area (Å²) in [6.45, 7) is 3.67. The number of methoxy groups -OCH3 is 2. The molecule has 3 saturated heterocycles. The molecule has 6 heteroatoms. The van der Waals surface area contributed by atoms with Gasteiger partial charge in [0.25, 0.3) is 5.91 Å². The van der Waals surface area contributed by atoms with Crippen molar-refractivity contribution in [1.82, 2.24) is 14.8 Å². The standard InChI is InChI=1S/C22H27N3O3/c1-27-20-11-10-19(21(23-20)28-2)22(26)25-14-17-8-9-18(25)15-24(13-17)12-16-6-4-3-5-7-16/h3-7,10-11,17-18H,8-9,12-15H2,1-2H3/t17-,18+/m0/s1. The first kappa shape index (κ1) is 18.7. The average molecular weight is 381 g/mol. The van der Waals surface area contributed by atoms with Gasteiger partial charge in [0, 0.05) is 38.3 Å². The molecule has 0 saturated carbocycles. The number of hydrogen-bond donors (Lipinski definition) is 0. The van der Waals surface area contributed by atoms with E-state index >= 15 is 0 Å². The number of carbonyl (C=O) groups is 1. The molecule has 3 aliphatic heterocycles. The topological polar surface area (TPSA) is 54.9 Å². The van der Waals surface area contributed by atoms with Gasteiger partial charge in [-0.1, -0.05) is 30.3 Å². The van der Waals surface area contributed by atoms with Gasteiger partial charge < -0.3 is 14.4 Å². The van der Waals surface area contributed by atoms with Crippen molar-refractivity contribution in [1.29, 1.82) is 0 Å². The largest absolute Gasteiger partial charge is 0.481 e. The lowest BCUT2D eigenvalue weighted by molar-refractivity contribution is 0.0580. The molecule has 0 N–H and O–H groups in total. The summed E-state index contributed by atoms with van der Waals surface area (Å²) in [5.74, 6) is 1.28. The molecule has 148 valence electrons. The van der Waals surface area contributed by atoms with E-state index in [1.165, 1.54) is 19.1 Å². The van der Waals surface area contributed by atoms with Crippen LogP contribution in [0.3, 0.4) is 0 Å². The van der Waals surface area contributed by atoms with E-state index in [4.69, 9.17) is 9.47 Å². The van der Waals surface area contributed by atoms with E-state index in [0.717, 1.165) is 32.6 Å². The van der Waals surface area contributed by atoms with Crippen LogP contribution in [0.4, 0.5) is 0 Å². The van der Waals surface area contributed by atoms with E-state index in [1.807, 2.05) is 11.0 Å². The third kappa shape index (κ3) is 3.83. The van der Waals surface area contributed by atoms with Crippen molar-refractivity contribution >= 4 is 5.91 Å². The van der Waals surface area contributed by atoms with Crippen molar-refractivity contribution in [2.45, 2.75) is 25.4 Å². The van der Waals surface area contributed by atoms with Gasteiger partial charge in [-0.05, 0) is 30.4 Å². The Morgan fingerprint density at radius 1 is 1.04 bits per heavy atom. The van der Waals surface area contributed by atoms with Crippen LogP contribution in [0.15, 0.2) is 42.5 Å². The molecule has 3 aliphatic rings. The molecule has 5 rings (SSSR count). The second kappa shape index (κ2) is 8.19. The minimum Gasteiger partial charge on any atom is -0.481 e. The summed E-state index contributed by atoms with van der Waals surface area (Å²) in [4.78, 5) is 22.1. The molecular formula is C22H27N3O3. The maximum atomic E-state index is 13.3. The third-order valence-corrected chi connectivity index (χ3v) is 5.77. The zero-order chi connectivity index (χ0) is 19.5. The quantitative estimate of drug-likeness (QED) is 0.797. The number of piperidine rings is 1. The lowest BCUT2D eigenvalue weighted by Gasteiger charge is -2.36. The van der Waals surface area contributed by atoms with Crippen molar-refractivity contribution in [3.63, 3.8) is 0 Å². The minimum absolute atomic E-state index is 0.00302. The van der Waals surface area contributed by atoms with Crippen molar-refractivity contribution in [3.8, 4) is 11.8 Å². The maximum Gasteiger partial charge on any atom is 0.259 e. The van der Waals surface area contributed by atoms with E-state index in [2.05, 4.69) is 34.1 Å². The Bertz CT molecular complexity index is 827. The predicted molar refractivity (Wildman–Crippen MR) is 107 cm³/mol. The first-order valence-corrected chi connectivity index (χ1v) is 9.84. The summed E-state index contributed by atoms with van der Waals surface area (Å²) in [5, 5.41) is 0. The molecule has 0 aliphatic carbocycles. The van der Waals surface area contributed by atoms with Crippen LogP contribution in [0, 0.1) is 5.92 Å². The van der Waals surface area contributed by atoms with Gasteiger partial charge in [-0.2, -0.15) is 4.98 Å². The van der Waals surface area contributed by atoms with Crippen LogP contribution in [-0.4, -0.2) is 60.6 Å². The number of aromatic nitrogens is 1. The molecule has 1 aromatic carbocycles. The molecule has 3 fully saturated rings.